The Labute approximate surface area is 265 Å². The lowest BCUT2D eigenvalue weighted by Gasteiger charge is -2.40. The van der Waals surface area contributed by atoms with E-state index in [4.69, 9.17) is 37.9 Å². The number of benzene rings is 2. The van der Waals surface area contributed by atoms with E-state index in [9.17, 15) is 45.0 Å². The molecule has 4 rings (SSSR count). The first kappa shape index (κ1) is 35.1. The van der Waals surface area contributed by atoms with Gasteiger partial charge in [0.15, 0.2) is 28.3 Å². The van der Waals surface area contributed by atoms with Crippen LogP contribution in [0, 0.1) is 0 Å². The lowest BCUT2D eigenvalue weighted by molar-refractivity contribution is -0.279. The van der Waals surface area contributed by atoms with Crippen molar-refractivity contribution in [1.82, 2.24) is 0 Å². The fourth-order valence-electron chi connectivity index (χ4n) is 4.95. The molecule has 0 saturated carbocycles. The molecule has 3 unspecified atom stereocenters. The van der Waals surface area contributed by atoms with Crippen LogP contribution in [0.1, 0.15) is 19.8 Å². The molecular formula is C30H34O17. The van der Waals surface area contributed by atoms with Crippen molar-refractivity contribution in [3.63, 3.8) is 0 Å². The number of carbonyl (C=O) groups is 2. The highest BCUT2D eigenvalue weighted by atomic mass is 16.7. The lowest BCUT2D eigenvalue weighted by atomic mass is 9.98. The average Bonchev–Trinajstić information content (AvgIpc) is 3.00. The van der Waals surface area contributed by atoms with Crippen molar-refractivity contribution in [1.29, 1.82) is 0 Å². The molecule has 47 heavy (non-hydrogen) atoms. The molecule has 0 amide bonds. The molecule has 3 aromatic rings. The van der Waals surface area contributed by atoms with Gasteiger partial charge in [-0.05, 0) is 25.1 Å². The number of esters is 1. The Morgan fingerprint density at radius 3 is 2.21 bits per heavy atom. The quantitative estimate of drug-likeness (QED) is 0.128. The van der Waals surface area contributed by atoms with Crippen molar-refractivity contribution in [2.45, 2.75) is 56.1 Å². The highest BCUT2D eigenvalue weighted by Gasteiger charge is 2.46. The number of hydrogen-bond donors (Lipinski definition) is 7. The number of rotatable bonds is 12. The van der Waals surface area contributed by atoms with Gasteiger partial charge in [0.2, 0.25) is 23.5 Å². The van der Waals surface area contributed by atoms with Crippen LogP contribution in [0.25, 0.3) is 22.3 Å². The molecule has 1 aliphatic heterocycles. The molecule has 1 aliphatic rings. The van der Waals surface area contributed by atoms with E-state index in [2.05, 4.69) is 0 Å². The van der Waals surface area contributed by atoms with E-state index >= 15 is 0 Å². The molecule has 0 radical (unpaired) electrons. The Morgan fingerprint density at radius 2 is 1.60 bits per heavy atom. The molecule has 17 nitrogen and oxygen atoms in total. The van der Waals surface area contributed by atoms with Gasteiger partial charge in [0.25, 0.3) is 0 Å². The Bertz CT molecular complexity index is 1700. The van der Waals surface area contributed by atoms with E-state index in [-0.39, 0.29) is 34.0 Å². The van der Waals surface area contributed by atoms with Gasteiger partial charge >= 0.3 is 11.9 Å². The summed E-state index contributed by atoms with van der Waals surface area (Å²) < 4.78 is 38.2. The zero-order valence-electron chi connectivity index (χ0n) is 25.5. The van der Waals surface area contributed by atoms with E-state index in [1.54, 1.807) is 0 Å². The number of aromatic hydroxyl groups is 2. The van der Waals surface area contributed by atoms with Gasteiger partial charge in [-0.1, -0.05) is 0 Å². The van der Waals surface area contributed by atoms with Crippen LogP contribution >= 0.6 is 0 Å². The summed E-state index contributed by atoms with van der Waals surface area (Å²) >= 11 is 0. The van der Waals surface area contributed by atoms with Crippen LogP contribution < -0.4 is 24.4 Å². The largest absolute Gasteiger partial charge is 0.504 e. The predicted molar refractivity (Wildman–Crippen MR) is 157 cm³/mol. The number of phenols is 2. The summed E-state index contributed by atoms with van der Waals surface area (Å²) in [4.78, 5) is 36.4. The van der Waals surface area contributed by atoms with E-state index in [1.807, 2.05) is 0 Å². The maximum atomic E-state index is 13.2. The van der Waals surface area contributed by atoms with Crippen molar-refractivity contribution in [2.24, 2.45) is 0 Å². The average molecular weight is 667 g/mol. The number of aliphatic carboxylic acids is 1. The standard InChI is InChI=1S/C30H34O17/c1-30(40,9-18(33)34)10-19(35)44-11-17-21(36)23(38)24(39)29(46-17)47-28-26(42-3)22(37)20-14(32)8-15(45-25(20)27(28)43-4)12-5-6-13(31)16(7-12)41-2/h5-8,17,21,23-24,29,31,36-40H,9-11H2,1-4H3,(H,33,34)/t17?,21-,23+,24?,29+,30?/m1/s1. The number of phenolic OH excluding ortho intramolecular Hbond substituents is 2. The summed E-state index contributed by atoms with van der Waals surface area (Å²) in [5.74, 6) is -4.52. The second-order valence-corrected chi connectivity index (χ2v) is 10.9. The Morgan fingerprint density at radius 1 is 0.915 bits per heavy atom. The molecule has 0 spiro atoms. The molecule has 0 bridgehead atoms. The fourth-order valence-corrected chi connectivity index (χ4v) is 4.95. The van der Waals surface area contributed by atoms with Crippen LogP contribution in [0.4, 0.5) is 0 Å². The number of carboxylic acid groups (broad SMARTS) is 1. The third-order valence-corrected chi connectivity index (χ3v) is 7.26. The van der Waals surface area contributed by atoms with Crippen molar-refractivity contribution in [3.8, 4) is 45.8 Å². The summed E-state index contributed by atoms with van der Waals surface area (Å²) in [6.45, 7) is 0.392. The number of carbonyl (C=O) groups excluding carboxylic acids is 1. The van der Waals surface area contributed by atoms with Crippen LogP contribution in [-0.4, -0.2) is 112 Å². The SMILES string of the molecule is COc1cc(-c2cc(=O)c3c(O)c(OC)c(O[C@@H]4OC(COC(=O)CC(C)(O)CC(=O)O)[C@@H](O)[C@H](O)C4O)c(OC)c3o2)ccc1O. The number of carboxylic acids is 1. The fraction of sp³-hybridized carbons (Fsp3) is 0.433. The first-order valence-electron chi connectivity index (χ1n) is 13.9. The molecule has 2 aromatic carbocycles. The normalized spacial score (nSPS) is 22.3. The van der Waals surface area contributed by atoms with Crippen LogP contribution in [0.5, 0.6) is 34.5 Å². The molecular weight excluding hydrogens is 632 g/mol. The van der Waals surface area contributed by atoms with Crippen LogP contribution in [-0.2, 0) is 19.1 Å². The second kappa shape index (κ2) is 13.9. The predicted octanol–water partition coefficient (Wildman–Crippen LogP) is 0.242. The first-order chi connectivity index (χ1) is 22.1. The maximum Gasteiger partial charge on any atom is 0.308 e. The van der Waals surface area contributed by atoms with Crippen molar-refractivity contribution >= 4 is 22.9 Å². The van der Waals surface area contributed by atoms with Gasteiger partial charge in [-0.15, -0.1) is 0 Å². The number of aliphatic hydroxyl groups excluding tert-OH is 3. The van der Waals surface area contributed by atoms with Gasteiger partial charge < -0.3 is 68.6 Å². The zero-order valence-corrected chi connectivity index (χ0v) is 25.5. The van der Waals surface area contributed by atoms with Gasteiger partial charge in [-0.25, -0.2) is 0 Å². The Hall–Kier alpha value is -4.81. The van der Waals surface area contributed by atoms with Gasteiger partial charge in [0.1, 0.15) is 42.2 Å². The molecule has 17 heteroatoms. The Kier molecular flexibility index (Phi) is 10.4. The van der Waals surface area contributed by atoms with Crippen molar-refractivity contribution < 1.29 is 78.2 Å². The smallest absolute Gasteiger partial charge is 0.308 e. The zero-order chi connectivity index (χ0) is 34.8. The topological polar surface area (TPSA) is 261 Å². The number of methoxy groups -OCH3 is 3. The minimum atomic E-state index is -1.94. The van der Waals surface area contributed by atoms with E-state index in [0.29, 0.717) is 5.56 Å². The van der Waals surface area contributed by atoms with Crippen molar-refractivity contribution in [2.75, 3.05) is 27.9 Å². The van der Waals surface area contributed by atoms with Crippen LogP contribution in [0.2, 0.25) is 0 Å². The molecule has 2 heterocycles. The van der Waals surface area contributed by atoms with E-state index < -0.39 is 90.4 Å². The molecule has 256 valence electrons. The first-order valence-corrected chi connectivity index (χ1v) is 13.9. The summed E-state index contributed by atoms with van der Waals surface area (Å²) in [5.41, 5.74) is -2.71. The number of fused-ring (bicyclic) bond motifs is 1. The minimum absolute atomic E-state index is 0.0358. The van der Waals surface area contributed by atoms with Crippen LogP contribution in [0.15, 0.2) is 33.5 Å². The van der Waals surface area contributed by atoms with E-state index in [1.165, 1.54) is 32.4 Å². The summed E-state index contributed by atoms with van der Waals surface area (Å²) in [6.07, 6.45) is -10.5. The number of ether oxygens (including phenoxy) is 6. The highest BCUT2D eigenvalue weighted by Crippen LogP contribution is 2.51. The molecule has 7 N–H and O–H groups in total. The number of aliphatic hydroxyl groups is 4. The minimum Gasteiger partial charge on any atom is -0.504 e. The van der Waals surface area contributed by atoms with Crippen molar-refractivity contribution in [3.05, 3.63) is 34.5 Å². The van der Waals surface area contributed by atoms with Crippen LogP contribution in [0.3, 0.4) is 0 Å². The third kappa shape index (κ3) is 7.28. The maximum absolute atomic E-state index is 13.2. The summed E-state index contributed by atoms with van der Waals surface area (Å²) in [7, 11) is 3.63. The Balaban J connectivity index is 1.70. The molecule has 1 aromatic heterocycles. The second-order valence-electron chi connectivity index (χ2n) is 10.9. The van der Waals surface area contributed by atoms with E-state index in [0.717, 1.165) is 20.1 Å². The van der Waals surface area contributed by atoms with Gasteiger partial charge in [0, 0.05) is 11.6 Å². The third-order valence-electron chi connectivity index (χ3n) is 7.26. The van der Waals surface area contributed by atoms with Gasteiger partial charge in [0.05, 0.1) is 39.8 Å². The molecule has 1 saturated heterocycles. The summed E-state index contributed by atoms with van der Waals surface area (Å²) in [6, 6.07) is 5.22. The van der Waals surface area contributed by atoms with Gasteiger partial charge in [-0.2, -0.15) is 0 Å². The number of hydrogen-bond acceptors (Lipinski definition) is 16. The highest BCUT2D eigenvalue weighted by molar-refractivity contribution is 5.95. The van der Waals surface area contributed by atoms with Gasteiger partial charge in [-0.3, -0.25) is 14.4 Å². The summed E-state index contributed by atoms with van der Waals surface area (Å²) in [5, 5.41) is 71.4. The monoisotopic (exact) mass is 666 g/mol. The molecule has 0 aliphatic carbocycles. The molecule has 1 fully saturated rings. The molecule has 6 atom stereocenters. The lowest BCUT2D eigenvalue weighted by Crippen LogP contribution is -2.60.